The Labute approximate surface area is 135 Å². The Hall–Kier alpha value is -2.40. The first-order chi connectivity index (χ1) is 10.6. The molecular formula is C18H20O5. The van der Waals surface area contributed by atoms with Crippen LogP contribution in [0.25, 0.3) is 0 Å². The van der Waals surface area contributed by atoms with E-state index in [1.165, 1.54) is 12.2 Å². The molecule has 0 spiro atoms. The Kier molecular flexibility index (Phi) is 5.87. The zero-order chi connectivity index (χ0) is 17.9. The summed E-state index contributed by atoms with van der Waals surface area (Å²) >= 11 is 0. The monoisotopic (exact) mass is 316 g/mol. The molecule has 5 nitrogen and oxygen atoms in total. The zero-order valence-electron chi connectivity index (χ0n) is 13.9. The molecular weight excluding hydrogens is 296 g/mol. The number of hydrogen-bond acceptors (Lipinski definition) is 5. The molecule has 0 aliphatic heterocycles. The standard InChI is InChI=1S/C9H10O3.C9H10O2/c1-5-6(2)9(12)7(4-10)3-8(5)11;1-5-4-8(10)6(2)7(3)9(5)11/h3,10H,4H2,1-2H3;4H,1-3H3. The van der Waals surface area contributed by atoms with E-state index >= 15 is 0 Å². The predicted molar refractivity (Wildman–Crippen MR) is 85.7 cm³/mol. The molecule has 0 radical (unpaired) electrons. The highest BCUT2D eigenvalue weighted by Gasteiger charge is 2.22. The first-order valence-electron chi connectivity index (χ1n) is 7.14. The highest BCUT2D eigenvalue weighted by Crippen LogP contribution is 2.18. The van der Waals surface area contributed by atoms with Crippen molar-refractivity contribution >= 4 is 23.1 Å². The van der Waals surface area contributed by atoms with Gasteiger partial charge in [0, 0.05) is 33.4 Å². The zero-order valence-corrected chi connectivity index (χ0v) is 13.9. The molecule has 0 aromatic heterocycles. The van der Waals surface area contributed by atoms with Gasteiger partial charge in [0.15, 0.2) is 23.1 Å². The summed E-state index contributed by atoms with van der Waals surface area (Å²) in [7, 11) is 0. The van der Waals surface area contributed by atoms with Gasteiger partial charge in [-0.05, 0) is 46.8 Å². The minimum absolute atomic E-state index is 0.0119. The molecule has 0 amide bonds. The van der Waals surface area contributed by atoms with Crippen molar-refractivity contribution in [3.8, 4) is 0 Å². The second kappa shape index (κ2) is 7.24. The molecule has 0 atom stereocenters. The molecule has 0 heterocycles. The molecule has 23 heavy (non-hydrogen) atoms. The van der Waals surface area contributed by atoms with E-state index in [0.717, 1.165) is 0 Å². The van der Waals surface area contributed by atoms with Crippen molar-refractivity contribution in [1.29, 1.82) is 0 Å². The predicted octanol–water partition coefficient (Wildman–Crippen LogP) is 1.81. The SMILES string of the molecule is CC1=C(C)C(=O)C(CO)=CC1=O.CC1=CC(=O)C(C)=C(C)C1=O. The third-order valence-electron chi connectivity index (χ3n) is 4.02. The molecule has 2 aliphatic carbocycles. The normalized spacial score (nSPS) is 18.7. The van der Waals surface area contributed by atoms with Gasteiger partial charge in [-0.1, -0.05) is 0 Å². The van der Waals surface area contributed by atoms with Gasteiger partial charge >= 0.3 is 0 Å². The quantitative estimate of drug-likeness (QED) is 0.745. The number of ketones is 4. The van der Waals surface area contributed by atoms with E-state index in [0.29, 0.717) is 27.9 Å². The first kappa shape index (κ1) is 18.6. The van der Waals surface area contributed by atoms with Crippen LogP contribution < -0.4 is 0 Å². The molecule has 1 N–H and O–H groups in total. The number of carbonyl (C=O) groups is 4. The van der Waals surface area contributed by atoms with E-state index in [4.69, 9.17) is 5.11 Å². The Balaban J connectivity index is 0.000000231. The van der Waals surface area contributed by atoms with Gasteiger partial charge in [-0.15, -0.1) is 0 Å². The van der Waals surface area contributed by atoms with Gasteiger partial charge in [-0.2, -0.15) is 0 Å². The molecule has 0 unspecified atom stereocenters. The lowest BCUT2D eigenvalue weighted by Gasteiger charge is -2.11. The summed E-state index contributed by atoms with van der Waals surface area (Å²) in [5.41, 5.74) is 2.78. The smallest absolute Gasteiger partial charge is 0.187 e. The summed E-state index contributed by atoms with van der Waals surface area (Å²) in [6.45, 7) is 7.87. The topological polar surface area (TPSA) is 88.5 Å². The molecule has 5 heteroatoms. The number of rotatable bonds is 1. The molecule has 0 bridgehead atoms. The van der Waals surface area contributed by atoms with Crippen LogP contribution in [0.2, 0.25) is 0 Å². The fraction of sp³-hybridized carbons (Fsp3) is 0.333. The van der Waals surface area contributed by atoms with Crippen LogP contribution in [0.15, 0.2) is 45.6 Å². The van der Waals surface area contributed by atoms with Gasteiger partial charge in [0.25, 0.3) is 0 Å². The molecule has 2 aliphatic rings. The average Bonchev–Trinajstić information content (AvgIpc) is 2.53. The summed E-state index contributed by atoms with van der Waals surface area (Å²) in [4.78, 5) is 44.7. The maximum atomic E-state index is 11.3. The van der Waals surface area contributed by atoms with Crippen LogP contribution in [0, 0.1) is 0 Å². The van der Waals surface area contributed by atoms with Crippen LogP contribution in [0.3, 0.4) is 0 Å². The van der Waals surface area contributed by atoms with Gasteiger partial charge in [0.05, 0.1) is 6.61 Å². The Morgan fingerprint density at radius 3 is 1.61 bits per heavy atom. The Bertz CT molecular complexity index is 727. The summed E-state index contributed by atoms with van der Waals surface area (Å²) in [5, 5.41) is 8.72. The van der Waals surface area contributed by atoms with E-state index in [1.807, 2.05) is 0 Å². The first-order valence-corrected chi connectivity index (χ1v) is 7.14. The van der Waals surface area contributed by atoms with Gasteiger partial charge in [0.2, 0.25) is 0 Å². The summed E-state index contributed by atoms with van der Waals surface area (Å²) in [5.74, 6) is -0.465. The number of Topliss-reactive ketones (excluding diaryl/α,β-unsaturated/α-hetero) is 2. The van der Waals surface area contributed by atoms with Crippen molar-refractivity contribution in [2.75, 3.05) is 6.61 Å². The number of hydrogen-bond donors (Lipinski definition) is 1. The molecule has 122 valence electrons. The van der Waals surface area contributed by atoms with Crippen molar-refractivity contribution in [2.45, 2.75) is 34.6 Å². The highest BCUT2D eigenvalue weighted by molar-refractivity contribution is 6.22. The molecule has 0 saturated heterocycles. The largest absolute Gasteiger partial charge is 0.392 e. The van der Waals surface area contributed by atoms with Crippen LogP contribution in [0.4, 0.5) is 0 Å². The van der Waals surface area contributed by atoms with Crippen molar-refractivity contribution in [3.63, 3.8) is 0 Å². The fourth-order valence-corrected chi connectivity index (χ4v) is 2.07. The Morgan fingerprint density at radius 1 is 0.696 bits per heavy atom. The van der Waals surface area contributed by atoms with E-state index in [9.17, 15) is 19.2 Å². The van der Waals surface area contributed by atoms with Gasteiger partial charge in [0.1, 0.15) is 0 Å². The molecule has 0 saturated carbocycles. The van der Waals surface area contributed by atoms with Crippen molar-refractivity contribution in [1.82, 2.24) is 0 Å². The molecule has 0 fully saturated rings. The lowest BCUT2D eigenvalue weighted by molar-refractivity contribution is -0.116. The summed E-state index contributed by atoms with van der Waals surface area (Å²) in [6.07, 6.45) is 2.59. The van der Waals surface area contributed by atoms with E-state index in [1.54, 1.807) is 34.6 Å². The van der Waals surface area contributed by atoms with Crippen LogP contribution in [0.5, 0.6) is 0 Å². The maximum Gasteiger partial charge on any atom is 0.187 e. The fourth-order valence-electron chi connectivity index (χ4n) is 2.07. The van der Waals surface area contributed by atoms with E-state index in [2.05, 4.69) is 0 Å². The van der Waals surface area contributed by atoms with Crippen molar-refractivity contribution < 1.29 is 24.3 Å². The van der Waals surface area contributed by atoms with E-state index in [-0.39, 0.29) is 35.3 Å². The van der Waals surface area contributed by atoms with Gasteiger partial charge < -0.3 is 5.11 Å². The lowest BCUT2D eigenvalue weighted by atomic mass is 9.92. The van der Waals surface area contributed by atoms with Crippen molar-refractivity contribution in [2.24, 2.45) is 0 Å². The summed E-state index contributed by atoms with van der Waals surface area (Å²) < 4.78 is 0. The van der Waals surface area contributed by atoms with Crippen LogP contribution in [0.1, 0.15) is 34.6 Å². The molecule has 0 aromatic carbocycles. The third-order valence-corrected chi connectivity index (χ3v) is 4.02. The molecule has 2 rings (SSSR count). The number of carbonyl (C=O) groups excluding carboxylic acids is 4. The highest BCUT2D eigenvalue weighted by atomic mass is 16.3. The number of aliphatic hydroxyl groups is 1. The van der Waals surface area contributed by atoms with Crippen LogP contribution in [-0.2, 0) is 19.2 Å². The second-order valence-electron chi connectivity index (χ2n) is 5.54. The second-order valence-corrected chi connectivity index (χ2v) is 5.54. The summed E-state index contributed by atoms with van der Waals surface area (Å²) in [6, 6.07) is 0. The Morgan fingerprint density at radius 2 is 1.13 bits per heavy atom. The van der Waals surface area contributed by atoms with E-state index < -0.39 is 0 Å². The van der Waals surface area contributed by atoms with Gasteiger partial charge in [-0.25, -0.2) is 0 Å². The van der Waals surface area contributed by atoms with Gasteiger partial charge in [-0.3, -0.25) is 19.2 Å². The van der Waals surface area contributed by atoms with Crippen LogP contribution >= 0.6 is 0 Å². The molecule has 0 aromatic rings. The number of aliphatic hydroxyl groups excluding tert-OH is 1. The van der Waals surface area contributed by atoms with Crippen molar-refractivity contribution in [3.05, 3.63) is 45.6 Å². The van der Waals surface area contributed by atoms with Crippen LogP contribution in [-0.4, -0.2) is 34.8 Å². The maximum absolute atomic E-state index is 11.3. The lowest BCUT2D eigenvalue weighted by Crippen LogP contribution is -2.18. The minimum atomic E-state index is -0.366. The average molecular weight is 316 g/mol. The number of allylic oxidation sites excluding steroid dienone is 7. The minimum Gasteiger partial charge on any atom is -0.392 e. The third kappa shape index (κ3) is 3.87.